The molecule has 1 amide bonds. The van der Waals surface area contributed by atoms with Gasteiger partial charge < -0.3 is 14.8 Å². The maximum Gasteiger partial charge on any atom is 0.253 e. The molecule has 3 aromatic rings. The van der Waals surface area contributed by atoms with E-state index in [0.29, 0.717) is 23.7 Å². The van der Waals surface area contributed by atoms with Gasteiger partial charge in [0, 0.05) is 23.8 Å². The lowest BCUT2D eigenvalue weighted by Crippen LogP contribution is -2.36. The molecule has 0 spiro atoms. The van der Waals surface area contributed by atoms with Crippen LogP contribution in [0.25, 0.3) is 0 Å². The van der Waals surface area contributed by atoms with E-state index < -0.39 is 0 Å². The molecule has 6 heteroatoms. The molecule has 0 aliphatic heterocycles. The molecule has 150 valence electrons. The van der Waals surface area contributed by atoms with Crippen LogP contribution in [0.5, 0.6) is 0 Å². The minimum Gasteiger partial charge on any atom is -0.344 e. The summed E-state index contributed by atoms with van der Waals surface area (Å²) in [6.07, 6.45) is 1.58. The minimum absolute atomic E-state index is 0.164. The maximum absolute atomic E-state index is 12.9. The average molecular weight is 410 g/mol. The second-order valence-corrected chi connectivity index (χ2v) is 7.58. The topological polar surface area (TPSA) is 54.3 Å². The van der Waals surface area contributed by atoms with Crippen LogP contribution < -0.4 is 10.9 Å². The minimum atomic E-state index is -0.228. The molecular weight excluding hydrogens is 386 g/mol. The summed E-state index contributed by atoms with van der Waals surface area (Å²) in [5.74, 6) is -0.228. The van der Waals surface area contributed by atoms with E-state index in [1.165, 1.54) is 10.6 Å². The Hall–Kier alpha value is -2.89. The summed E-state index contributed by atoms with van der Waals surface area (Å²) in [5, 5.41) is 3.67. The lowest BCUT2D eigenvalue weighted by Gasteiger charge is -2.23. The monoisotopic (exact) mass is 409 g/mol. The molecule has 0 aliphatic rings. The highest BCUT2D eigenvalue weighted by Gasteiger charge is 2.17. The lowest BCUT2D eigenvalue weighted by atomic mass is 10.1. The number of carbonyl (C=O) groups excluding carboxylic acids is 1. The van der Waals surface area contributed by atoms with E-state index in [1.54, 1.807) is 18.3 Å². The number of nitrogens with zero attached hydrogens (tertiary/aromatic N) is 2. The molecule has 1 aromatic heterocycles. The smallest absolute Gasteiger partial charge is 0.253 e. The third kappa shape index (κ3) is 5.56. The lowest BCUT2D eigenvalue weighted by molar-refractivity contribution is 0.0929. The van der Waals surface area contributed by atoms with Crippen molar-refractivity contribution in [2.75, 3.05) is 20.6 Å². The van der Waals surface area contributed by atoms with Crippen LogP contribution in [0.3, 0.4) is 0 Å². The SMILES string of the molecule is CN(C)C[C@@H](NC(=O)c1ccc(=O)n(Cc2ccccc2Cl)c1)c1ccccc1. The van der Waals surface area contributed by atoms with Crippen molar-refractivity contribution in [1.82, 2.24) is 14.8 Å². The van der Waals surface area contributed by atoms with E-state index in [-0.39, 0.29) is 17.5 Å². The quantitative estimate of drug-likeness (QED) is 0.648. The first kappa shape index (κ1) is 20.8. The molecule has 0 saturated heterocycles. The number of pyridine rings is 1. The normalized spacial score (nSPS) is 12.0. The van der Waals surface area contributed by atoms with Gasteiger partial charge in [0.1, 0.15) is 0 Å². The van der Waals surface area contributed by atoms with Crippen molar-refractivity contribution in [2.24, 2.45) is 0 Å². The number of aromatic nitrogens is 1. The van der Waals surface area contributed by atoms with Crippen molar-refractivity contribution in [3.8, 4) is 0 Å². The standard InChI is InChI=1S/C23H24ClN3O2/c1-26(2)16-21(17-8-4-3-5-9-17)25-23(29)19-12-13-22(28)27(15-19)14-18-10-6-7-11-20(18)24/h3-13,15,21H,14,16H2,1-2H3,(H,25,29)/t21-/m1/s1. The number of rotatable bonds is 7. The molecule has 0 bridgehead atoms. The number of likely N-dealkylation sites (N-methyl/N-ethyl adjacent to an activating group) is 1. The third-order valence-corrected chi connectivity index (χ3v) is 4.97. The van der Waals surface area contributed by atoms with Gasteiger partial charge in [0.15, 0.2) is 0 Å². The summed E-state index contributed by atoms with van der Waals surface area (Å²) in [6, 6.07) is 20.0. The Labute approximate surface area is 175 Å². The summed E-state index contributed by atoms with van der Waals surface area (Å²) in [5.41, 5.74) is 2.09. The summed E-state index contributed by atoms with van der Waals surface area (Å²) in [4.78, 5) is 27.2. The highest BCUT2D eigenvalue weighted by atomic mass is 35.5. The van der Waals surface area contributed by atoms with Gasteiger partial charge in [-0.25, -0.2) is 0 Å². The molecule has 0 aliphatic carbocycles. The summed E-state index contributed by atoms with van der Waals surface area (Å²) >= 11 is 6.21. The van der Waals surface area contributed by atoms with Crippen molar-refractivity contribution in [3.05, 3.63) is 105 Å². The fraction of sp³-hybridized carbons (Fsp3) is 0.217. The molecule has 3 rings (SSSR count). The number of amides is 1. The molecule has 0 radical (unpaired) electrons. The van der Waals surface area contributed by atoms with Crippen LogP contribution in [0.4, 0.5) is 0 Å². The van der Waals surface area contributed by atoms with Gasteiger partial charge in [0.05, 0.1) is 18.2 Å². The van der Waals surface area contributed by atoms with Gasteiger partial charge in [0.25, 0.3) is 11.5 Å². The van der Waals surface area contributed by atoms with Crippen LogP contribution in [0.15, 0.2) is 77.7 Å². The second-order valence-electron chi connectivity index (χ2n) is 7.17. The fourth-order valence-electron chi connectivity index (χ4n) is 3.13. The zero-order valence-electron chi connectivity index (χ0n) is 16.5. The molecule has 2 aromatic carbocycles. The molecule has 29 heavy (non-hydrogen) atoms. The van der Waals surface area contributed by atoms with Crippen molar-refractivity contribution in [1.29, 1.82) is 0 Å². The van der Waals surface area contributed by atoms with Gasteiger partial charge in [0.2, 0.25) is 0 Å². The van der Waals surface area contributed by atoms with Crippen LogP contribution in [0.1, 0.15) is 27.5 Å². The molecule has 0 saturated carbocycles. The first-order valence-corrected chi connectivity index (χ1v) is 9.76. The number of carbonyl (C=O) groups is 1. The van der Waals surface area contributed by atoms with E-state index in [1.807, 2.05) is 67.5 Å². The van der Waals surface area contributed by atoms with Crippen LogP contribution >= 0.6 is 11.6 Å². The van der Waals surface area contributed by atoms with Gasteiger partial charge in [-0.1, -0.05) is 60.1 Å². The fourth-order valence-corrected chi connectivity index (χ4v) is 3.32. The van der Waals surface area contributed by atoms with Crippen LogP contribution in [-0.2, 0) is 6.54 Å². The Bertz CT molecular complexity index is 1030. The molecule has 1 heterocycles. The number of halogens is 1. The Balaban J connectivity index is 1.83. The van der Waals surface area contributed by atoms with E-state index in [2.05, 4.69) is 5.32 Å². The van der Waals surface area contributed by atoms with E-state index >= 15 is 0 Å². The summed E-state index contributed by atoms with van der Waals surface area (Å²) in [7, 11) is 3.93. The summed E-state index contributed by atoms with van der Waals surface area (Å²) in [6.45, 7) is 0.967. The van der Waals surface area contributed by atoms with E-state index in [9.17, 15) is 9.59 Å². The molecule has 5 nitrogen and oxygen atoms in total. The maximum atomic E-state index is 12.9. The van der Waals surface area contributed by atoms with Crippen LogP contribution in [0, 0.1) is 0 Å². The first-order valence-electron chi connectivity index (χ1n) is 9.38. The highest BCUT2D eigenvalue weighted by molar-refractivity contribution is 6.31. The van der Waals surface area contributed by atoms with Crippen LogP contribution in [0.2, 0.25) is 5.02 Å². The van der Waals surface area contributed by atoms with E-state index in [4.69, 9.17) is 11.6 Å². The number of benzene rings is 2. The molecule has 1 N–H and O–H groups in total. The summed E-state index contributed by atoms with van der Waals surface area (Å²) < 4.78 is 1.50. The van der Waals surface area contributed by atoms with E-state index in [0.717, 1.165) is 11.1 Å². The molecule has 1 atom stereocenters. The number of hydrogen-bond donors (Lipinski definition) is 1. The largest absolute Gasteiger partial charge is 0.344 e. The van der Waals surface area contributed by atoms with Crippen molar-refractivity contribution >= 4 is 17.5 Å². The van der Waals surface area contributed by atoms with Gasteiger partial charge >= 0.3 is 0 Å². The Morgan fingerprint density at radius 1 is 1.03 bits per heavy atom. The molecule has 0 fully saturated rings. The van der Waals surface area contributed by atoms with Crippen molar-refractivity contribution in [2.45, 2.75) is 12.6 Å². The van der Waals surface area contributed by atoms with Gasteiger partial charge in [-0.05, 0) is 37.4 Å². The van der Waals surface area contributed by atoms with Gasteiger partial charge in [-0.3, -0.25) is 9.59 Å². The Morgan fingerprint density at radius 3 is 2.41 bits per heavy atom. The predicted molar refractivity (Wildman–Crippen MR) is 116 cm³/mol. The number of hydrogen-bond acceptors (Lipinski definition) is 3. The first-order chi connectivity index (χ1) is 13.9. The van der Waals surface area contributed by atoms with Gasteiger partial charge in [-0.15, -0.1) is 0 Å². The molecular formula is C23H24ClN3O2. The zero-order chi connectivity index (χ0) is 20.8. The second kappa shape index (κ2) is 9.54. The van der Waals surface area contributed by atoms with Gasteiger partial charge in [-0.2, -0.15) is 0 Å². The Morgan fingerprint density at radius 2 is 1.72 bits per heavy atom. The third-order valence-electron chi connectivity index (χ3n) is 4.60. The Kier molecular flexibility index (Phi) is 6.86. The van der Waals surface area contributed by atoms with Crippen molar-refractivity contribution < 1.29 is 4.79 Å². The van der Waals surface area contributed by atoms with Crippen molar-refractivity contribution in [3.63, 3.8) is 0 Å². The molecule has 0 unspecified atom stereocenters. The predicted octanol–water partition coefficient (Wildman–Crippen LogP) is 3.58. The zero-order valence-corrected chi connectivity index (χ0v) is 17.3. The number of nitrogens with one attached hydrogen (secondary N) is 1. The average Bonchev–Trinajstić information content (AvgIpc) is 2.71. The highest BCUT2D eigenvalue weighted by Crippen LogP contribution is 2.17. The van der Waals surface area contributed by atoms with Crippen LogP contribution in [-0.4, -0.2) is 36.0 Å².